The zero-order chi connectivity index (χ0) is 19.0. The third-order valence-electron chi connectivity index (χ3n) is 4.49. The minimum absolute atomic E-state index is 0.0996. The molecule has 1 aromatic carbocycles. The van der Waals surface area contributed by atoms with E-state index in [1.807, 2.05) is 6.07 Å². The first-order chi connectivity index (χ1) is 12.3. The first-order valence-electron chi connectivity index (χ1n) is 8.21. The van der Waals surface area contributed by atoms with Gasteiger partial charge in [-0.1, -0.05) is 18.2 Å². The Morgan fingerprint density at radius 3 is 2.35 bits per heavy atom. The third kappa shape index (κ3) is 2.92. The second kappa shape index (κ2) is 6.59. The molecular formula is C19H19N3O4. The quantitative estimate of drug-likeness (QED) is 0.660. The number of anilines is 1. The molecule has 2 heterocycles. The molecule has 7 heteroatoms. The second-order valence-electron chi connectivity index (χ2n) is 6.29. The van der Waals surface area contributed by atoms with Crippen LogP contribution in [0.2, 0.25) is 0 Å². The molecule has 3 rings (SSSR count). The summed E-state index contributed by atoms with van der Waals surface area (Å²) in [4.78, 5) is 54.3. The first kappa shape index (κ1) is 17.6. The fourth-order valence-corrected chi connectivity index (χ4v) is 3.29. The molecule has 2 aromatic rings. The molecule has 3 amide bonds. The number of para-hydroxylation sites is 1. The first-order valence-corrected chi connectivity index (χ1v) is 8.21. The highest BCUT2D eigenvalue weighted by molar-refractivity contribution is 6.15. The maximum atomic E-state index is 12.6. The van der Waals surface area contributed by atoms with Gasteiger partial charge in [0.1, 0.15) is 6.54 Å². The Hall–Kier alpha value is -3.22. The highest BCUT2D eigenvalue weighted by Crippen LogP contribution is 2.23. The minimum Gasteiger partial charge on any atom is -0.355 e. The van der Waals surface area contributed by atoms with Crippen LogP contribution in [0, 0.1) is 13.8 Å². The minimum atomic E-state index is -0.526. The number of benzene rings is 1. The predicted octanol–water partition coefficient (Wildman–Crippen LogP) is 2.49. The van der Waals surface area contributed by atoms with E-state index in [0.717, 1.165) is 4.90 Å². The molecule has 1 fully saturated rings. The number of rotatable bonds is 5. The van der Waals surface area contributed by atoms with E-state index in [1.54, 1.807) is 38.1 Å². The molecule has 26 heavy (non-hydrogen) atoms. The number of hydrogen-bond donors (Lipinski definition) is 1. The molecule has 0 saturated carbocycles. The predicted molar refractivity (Wildman–Crippen MR) is 95.5 cm³/mol. The van der Waals surface area contributed by atoms with Gasteiger partial charge in [0.2, 0.25) is 0 Å². The van der Waals surface area contributed by atoms with E-state index in [2.05, 4.69) is 4.98 Å². The molecule has 7 nitrogen and oxygen atoms in total. The molecule has 134 valence electrons. The Balaban J connectivity index is 1.82. The number of carbonyl (C=O) groups is 4. The number of imide groups is 1. The smallest absolute Gasteiger partial charge is 0.332 e. The highest BCUT2D eigenvalue weighted by Gasteiger charge is 2.38. The maximum absolute atomic E-state index is 12.6. The van der Waals surface area contributed by atoms with Crippen LogP contribution in [0.3, 0.4) is 0 Å². The largest absolute Gasteiger partial charge is 0.355 e. The summed E-state index contributed by atoms with van der Waals surface area (Å²) >= 11 is 0. The Morgan fingerprint density at radius 1 is 1.12 bits per heavy atom. The zero-order valence-electron chi connectivity index (χ0n) is 14.8. The van der Waals surface area contributed by atoms with Gasteiger partial charge in [-0.25, -0.2) is 4.79 Å². The SMILES string of the molecule is CC(=O)c1c(C)[nH]c(C(=O)CN2C(=O)CN(c3ccccc3)C2=O)c1C. The van der Waals surface area contributed by atoms with Gasteiger partial charge in [0, 0.05) is 16.9 Å². The Labute approximate surface area is 150 Å². The molecule has 0 unspecified atom stereocenters. The second-order valence-corrected chi connectivity index (χ2v) is 6.29. The summed E-state index contributed by atoms with van der Waals surface area (Å²) in [6.07, 6.45) is 0. The van der Waals surface area contributed by atoms with Crippen molar-refractivity contribution in [2.45, 2.75) is 20.8 Å². The van der Waals surface area contributed by atoms with E-state index < -0.39 is 17.7 Å². The van der Waals surface area contributed by atoms with Gasteiger partial charge in [0.25, 0.3) is 5.91 Å². The molecule has 1 aliphatic heterocycles. The lowest BCUT2D eigenvalue weighted by Gasteiger charge is -2.16. The van der Waals surface area contributed by atoms with Crippen LogP contribution in [-0.2, 0) is 4.79 Å². The highest BCUT2D eigenvalue weighted by atomic mass is 16.2. The molecule has 0 aliphatic carbocycles. The van der Waals surface area contributed by atoms with Gasteiger partial charge in [-0.05, 0) is 38.5 Å². The van der Waals surface area contributed by atoms with Crippen molar-refractivity contribution in [3.05, 3.63) is 52.8 Å². The molecule has 1 aliphatic rings. The number of urea groups is 1. The summed E-state index contributed by atoms with van der Waals surface area (Å²) in [6.45, 7) is 4.36. The fraction of sp³-hybridized carbons (Fsp3) is 0.263. The van der Waals surface area contributed by atoms with E-state index in [1.165, 1.54) is 11.8 Å². The van der Waals surface area contributed by atoms with Crippen LogP contribution in [0.25, 0.3) is 0 Å². The summed E-state index contributed by atoms with van der Waals surface area (Å²) in [5.41, 5.74) is 2.47. The normalized spacial score (nSPS) is 14.3. The maximum Gasteiger partial charge on any atom is 0.332 e. The van der Waals surface area contributed by atoms with Crippen molar-refractivity contribution >= 4 is 29.2 Å². The Morgan fingerprint density at radius 2 is 1.77 bits per heavy atom. The topological polar surface area (TPSA) is 90.6 Å². The van der Waals surface area contributed by atoms with Crippen molar-refractivity contribution in [1.82, 2.24) is 9.88 Å². The number of aromatic amines is 1. The molecule has 1 aromatic heterocycles. The average molecular weight is 353 g/mol. The number of ketones is 2. The van der Waals surface area contributed by atoms with E-state index in [9.17, 15) is 19.2 Å². The van der Waals surface area contributed by atoms with Crippen molar-refractivity contribution in [2.24, 2.45) is 0 Å². The molecule has 0 bridgehead atoms. The summed E-state index contributed by atoms with van der Waals surface area (Å²) < 4.78 is 0. The van der Waals surface area contributed by atoms with Crippen LogP contribution >= 0.6 is 0 Å². The van der Waals surface area contributed by atoms with Crippen LogP contribution in [0.5, 0.6) is 0 Å². The molecular weight excluding hydrogens is 334 g/mol. The number of amides is 3. The Kier molecular flexibility index (Phi) is 4.46. The lowest BCUT2D eigenvalue weighted by atomic mass is 10.1. The number of aryl methyl sites for hydroxylation is 1. The van der Waals surface area contributed by atoms with Gasteiger partial charge >= 0.3 is 6.03 Å². The van der Waals surface area contributed by atoms with Crippen LogP contribution in [-0.4, -0.2) is 46.5 Å². The lowest BCUT2D eigenvalue weighted by Crippen LogP contribution is -2.37. The molecule has 0 radical (unpaired) electrons. The van der Waals surface area contributed by atoms with Gasteiger partial charge in [-0.15, -0.1) is 0 Å². The summed E-state index contributed by atoms with van der Waals surface area (Å²) in [6, 6.07) is 8.30. The number of carbonyl (C=O) groups excluding carboxylic acids is 4. The number of H-pyrrole nitrogens is 1. The van der Waals surface area contributed by atoms with Crippen LogP contribution in [0.15, 0.2) is 30.3 Å². The third-order valence-corrected chi connectivity index (χ3v) is 4.49. The van der Waals surface area contributed by atoms with Gasteiger partial charge in [-0.3, -0.25) is 24.2 Å². The van der Waals surface area contributed by atoms with Crippen molar-refractivity contribution in [3.8, 4) is 0 Å². The van der Waals surface area contributed by atoms with Crippen LogP contribution < -0.4 is 4.90 Å². The van der Waals surface area contributed by atoms with E-state index in [0.29, 0.717) is 22.5 Å². The number of nitrogens with one attached hydrogen (secondary N) is 1. The number of Topliss-reactive ketones (excluding diaryl/α,β-unsaturated/α-hetero) is 2. The van der Waals surface area contributed by atoms with Gasteiger partial charge in [0.05, 0.1) is 12.2 Å². The van der Waals surface area contributed by atoms with Crippen LogP contribution in [0.4, 0.5) is 10.5 Å². The van der Waals surface area contributed by atoms with E-state index in [-0.39, 0.29) is 24.6 Å². The van der Waals surface area contributed by atoms with E-state index >= 15 is 0 Å². The molecule has 0 atom stereocenters. The van der Waals surface area contributed by atoms with E-state index in [4.69, 9.17) is 0 Å². The Bertz CT molecular complexity index is 914. The van der Waals surface area contributed by atoms with Crippen molar-refractivity contribution in [2.75, 3.05) is 18.0 Å². The monoisotopic (exact) mass is 353 g/mol. The van der Waals surface area contributed by atoms with Gasteiger partial charge in [0.15, 0.2) is 11.6 Å². The molecule has 0 spiro atoms. The summed E-state index contributed by atoms with van der Waals surface area (Å²) in [5, 5.41) is 0. The number of hydrogen-bond acceptors (Lipinski definition) is 4. The standard InChI is InChI=1S/C19H19N3O4/c1-11-17(13(3)23)12(2)20-18(11)15(24)9-22-16(25)10-21(19(22)26)14-7-5-4-6-8-14/h4-8,20H,9-10H2,1-3H3. The van der Waals surface area contributed by atoms with Crippen LogP contribution in [0.1, 0.15) is 39.0 Å². The number of nitrogens with zero attached hydrogens (tertiary/aromatic N) is 2. The van der Waals surface area contributed by atoms with Gasteiger partial charge in [-0.2, -0.15) is 0 Å². The van der Waals surface area contributed by atoms with Gasteiger partial charge < -0.3 is 4.98 Å². The molecule has 1 N–H and O–H groups in total. The lowest BCUT2D eigenvalue weighted by molar-refractivity contribution is -0.124. The van der Waals surface area contributed by atoms with Crippen molar-refractivity contribution in [1.29, 1.82) is 0 Å². The van der Waals surface area contributed by atoms with Crippen molar-refractivity contribution < 1.29 is 19.2 Å². The average Bonchev–Trinajstić information content (AvgIpc) is 3.05. The fourth-order valence-electron chi connectivity index (χ4n) is 3.29. The zero-order valence-corrected chi connectivity index (χ0v) is 14.8. The number of aromatic nitrogens is 1. The summed E-state index contributed by atoms with van der Waals surface area (Å²) in [7, 11) is 0. The van der Waals surface area contributed by atoms with Crippen molar-refractivity contribution in [3.63, 3.8) is 0 Å². The summed E-state index contributed by atoms with van der Waals surface area (Å²) in [5.74, 6) is -0.978. The molecule has 1 saturated heterocycles.